The zero-order chi connectivity index (χ0) is 16.8. The van der Waals surface area contributed by atoms with Gasteiger partial charge >= 0.3 is 5.97 Å². The van der Waals surface area contributed by atoms with E-state index in [0.717, 1.165) is 16.7 Å². The lowest BCUT2D eigenvalue weighted by Crippen LogP contribution is -2.42. The van der Waals surface area contributed by atoms with E-state index in [9.17, 15) is 24.9 Å². The fourth-order valence-corrected chi connectivity index (χ4v) is 3.92. The van der Waals surface area contributed by atoms with E-state index in [1.807, 2.05) is 32.9 Å². The maximum Gasteiger partial charge on any atom is 0.318 e. The number of carbonyl (C=O) groups excluding carboxylic acids is 1. The molecule has 1 aromatic rings. The summed E-state index contributed by atoms with van der Waals surface area (Å²) in [5.74, 6) is -2.78. The third kappa shape index (κ3) is 2.25. The van der Waals surface area contributed by atoms with Gasteiger partial charge in [-0.2, -0.15) is 0 Å². The molecule has 22 heavy (non-hydrogen) atoms. The Morgan fingerprint density at radius 1 is 1.14 bits per heavy atom. The molecule has 1 fully saturated rings. The number of Topliss-reactive ketones (excluding diaryl/α,β-unsaturated/α-hetero) is 1. The zero-order valence-corrected chi connectivity index (χ0v) is 13.3. The molecule has 5 nitrogen and oxygen atoms in total. The van der Waals surface area contributed by atoms with Crippen LogP contribution in [0.5, 0.6) is 0 Å². The first-order valence-electron chi connectivity index (χ1n) is 7.31. The van der Waals surface area contributed by atoms with Gasteiger partial charge in [-0.1, -0.05) is 17.7 Å². The number of hydrogen-bond donors (Lipinski definition) is 3. The lowest BCUT2D eigenvalue weighted by atomic mass is 9.69. The monoisotopic (exact) mass is 306 g/mol. The third-order valence-corrected chi connectivity index (χ3v) is 4.86. The summed E-state index contributed by atoms with van der Waals surface area (Å²) in [6, 6.07) is 3.79. The smallest absolute Gasteiger partial charge is 0.318 e. The van der Waals surface area contributed by atoms with Crippen molar-refractivity contribution < 1.29 is 24.9 Å². The summed E-state index contributed by atoms with van der Waals surface area (Å²) in [6.07, 6.45) is -2.78. The first-order chi connectivity index (χ1) is 10.1. The Labute approximate surface area is 129 Å². The van der Waals surface area contributed by atoms with Crippen LogP contribution in [-0.4, -0.2) is 39.3 Å². The van der Waals surface area contributed by atoms with E-state index < -0.39 is 35.3 Å². The van der Waals surface area contributed by atoms with Gasteiger partial charge in [-0.05, 0) is 50.8 Å². The number of rotatable bonds is 3. The van der Waals surface area contributed by atoms with E-state index in [-0.39, 0.29) is 6.42 Å². The van der Waals surface area contributed by atoms with Gasteiger partial charge < -0.3 is 15.3 Å². The molecule has 0 spiro atoms. The molecule has 0 saturated heterocycles. The normalized spacial score (nSPS) is 31.3. The number of aliphatic hydroxyl groups excluding tert-OH is 2. The Bertz CT molecular complexity index is 597. The van der Waals surface area contributed by atoms with Crippen molar-refractivity contribution in [1.29, 1.82) is 0 Å². The molecule has 4 atom stereocenters. The van der Waals surface area contributed by atoms with Crippen LogP contribution < -0.4 is 0 Å². The van der Waals surface area contributed by atoms with E-state index in [2.05, 4.69) is 0 Å². The molecular formula is C17H22O5. The maximum absolute atomic E-state index is 12.2. The molecule has 0 heterocycles. The van der Waals surface area contributed by atoms with Crippen molar-refractivity contribution in [3.63, 3.8) is 0 Å². The summed E-state index contributed by atoms with van der Waals surface area (Å²) in [6.45, 7) is 6.81. The van der Waals surface area contributed by atoms with E-state index in [4.69, 9.17) is 0 Å². The summed E-state index contributed by atoms with van der Waals surface area (Å²) in [5.41, 5.74) is 1.52. The summed E-state index contributed by atoms with van der Waals surface area (Å²) in [7, 11) is 0. The number of aliphatic carboxylic acids is 1. The molecule has 5 heteroatoms. The number of ketones is 1. The Kier molecular flexibility index (Phi) is 4.15. The fourth-order valence-electron chi connectivity index (χ4n) is 3.92. The highest BCUT2D eigenvalue weighted by molar-refractivity contribution is 6.04. The lowest BCUT2D eigenvalue weighted by Gasteiger charge is -2.32. The van der Waals surface area contributed by atoms with Crippen LogP contribution in [0.1, 0.15) is 41.5 Å². The maximum atomic E-state index is 12.2. The number of benzene rings is 1. The molecule has 1 aliphatic carbocycles. The number of hydrogen-bond acceptors (Lipinski definition) is 4. The molecule has 0 aromatic heterocycles. The van der Waals surface area contributed by atoms with Crippen LogP contribution in [0.15, 0.2) is 12.1 Å². The molecule has 1 saturated carbocycles. The average Bonchev–Trinajstić information content (AvgIpc) is 2.63. The van der Waals surface area contributed by atoms with Crippen LogP contribution in [0.3, 0.4) is 0 Å². The highest BCUT2D eigenvalue weighted by Crippen LogP contribution is 2.52. The van der Waals surface area contributed by atoms with E-state index >= 15 is 0 Å². The number of aliphatic hydroxyl groups is 2. The summed E-state index contributed by atoms with van der Waals surface area (Å²) in [5, 5.41) is 30.1. The molecule has 0 bridgehead atoms. The van der Waals surface area contributed by atoms with Gasteiger partial charge in [0.25, 0.3) is 0 Å². The lowest BCUT2D eigenvalue weighted by molar-refractivity contribution is -0.156. The first kappa shape index (κ1) is 16.6. The van der Waals surface area contributed by atoms with Gasteiger partial charge in [0.15, 0.2) is 0 Å². The van der Waals surface area contributed by atoms with Crippen molar-refractivity contribution in [2.45, 2.75) is 52.2 Å². The quantitative estimate of drug-likeness (QED) is 0.735. The second-order valence-corrected chi connectivity index (χ2v) is 6.38. The zero-order valence-electron chi connectivity index (χ0n) is 13.3. The predicted octanol–water partition coefficient (Wildman–Crippen LogP) is 1.48. The minimum atomic E-state index is -1.79. The summed E-state index contributed by atoms with van der Waals surface area (Å²) < 4.78 is 0. The topological polar surface area (TPSA) is 94.8 Å². The van der Waals surface area contributed by atoms with Crippen LogP contribution in [-0.2, 0) is 9.59 Å². The summed E-state index contributed by atoms with van der Waals surface area (Å²) >= 11 is 0. The van der Waals surface area contributed by atoms with E-state index in [1.54, 1.807) is 0 Å². The minimum Gasteiger partial charge on any atom is -0.480 e. The standard InChI is InChI=1S/C17H22O5/c1-8-5-9(2)13(10(3)6-8)14-15(20)12(19)7-17(14,11(4)18)16(21)22/h5-6,12,14-15,19-20H,7H2,1-4H3,(H,21,22). The van der Waals surface area contributed by atoms with Crippen molar-refractivity contribution in [2.24, 2.45) is 5.41 Å². The van der Waals surface area contributed by atoms with Gasteiger partial charge in [0.2, 0.25) is 0 Å². The van der Waals surface area contributed by atoms with Gasteiger partial charge in [-0.3, -0.25) is 9.59 Å². The van der Waals surface area contributed by atoms with Crippen molar-refractivity contribution in [3.8, 4) is 0 Å². The molecule has 1 aliphatic rings. The predicted molar refractivity (Wildman–Crippen MR) is 80.8 cm³/mol. The fraction of sp³-hybridized carbons (Fsp3) is 0.529. The number of aryl methyl sites for hydroxylation is 3. The highest BCUT2D eigenvalue weighted by Gasteiger charge is 2.61. The first-order valence-corrected chi connectivity index (χ1v) is 7.31. The van der Waals surface area contributed by atoms with Gasteiger partial charge in [-0.25, -0.2) is 0 Å². The molecule has 120 valence electrons. The molecule has 0 radical (unpaired) electrons. The number of carboxylic acid groups (broad SMARTS) is 1. The van der Waals surface area contributed by atoms with E-state index in [0.29, 0.717) is 5.56 Å². The second-order valence-electron chi connectivity index (χ2n) is 6.38. The molecule has 4 unspecified atom stereocenters. The van der Waals surface area contributed by atoms with Crippen LogP contribution >= 0.6 is 0 Å². The van der Waals surface area contributed by atoms with Crippen LogP contribution in [0.25, 0.3) is 0 Å². The molecule has 3 N–H and O–H groups in total. The van der Waals surface area contributed by atoms with E-state index in [1.165, 1.54) is 6.92 Å². The Morgan fingerprint density at radius 2 is 1.64 bits per heavy atom. The minimum absolute atomic E-state index is 0.268. The van der Waals surface area contributed by atoms with Gasteiger partial charge in [0.1, 0.15) is 11.2 Å². The van der Waals surface area contributed by atoms with Crippen molar-refractivity contribution in [1.82, 2.24) is 0 Å². The van der Waals surface area contributed by atoms with Gasteiger partial charge in [0.05, 0.1) is 12.2 Å². The van der Waals surface area contributed by atoms with Gasteiger partial charge in [-0.15, -0.1) is 0 Å². The third-order valence-electron chi connectivity index (χ3n) is 4.86. The molecule has 0 aliphatic heterocycles. The number of carboxylic acids is 1. The molecule has 2 rings (SSSR count). The Hall–Kier alpha value is -1.72. The Balaban J connectivity index is 2.74. The highest BCUT2D eigenvalue weighted by atomic mass is 16.4. The second kappa shape index (κ2) is 5.48. The summed E-state index contributed by atoms with van der Waals surface area (Å²) in [4.78, 5) is 24.1. The molecule has 0 amide bonds. The van der Waals surface area contributed by atoms with Crippen molar-refractivity contribution >= 4 is 11.8 Å². The van der Waals surface area contributed by atoms with Crippen LogP contribution in [0, 0.1) is 26.2 Å². The SMILES string of the molecule is CC(=O)C1(C(=O)O)CC(O)C(O)C1c1c(C)cc(C)cc1C. The van der Waals surface area contributed by atoms with Gasteiger partial charge in [0, 0.05) is 5.92 Å². The Morgan fingerprint density at radius 3 is 2.05 bits per heavy atom. The number of carbonyl (C=O) groups is 2. The van der Waals surface area contributed by atoms with Crippen LogP contribution in [0.4, 0.5) is 0 Å². The molecule has 1 aromatic carbocycles. The van der Waals surface area contributed by atoms with Crippen LogP contribution in [0.2, 0.25) is 0 Å². The largest absolute Gasteiger partial charge is 0.480 e. The van der Waals surface area contributed by atoms with Crippen molar-refractivity contribution in [3.05, 3.63) is 34.4 Å². The average molecular weight is 306 g/mol. The molecular weight excluding hydrogens is 284 g/mol. The van der Waals surface area contributed by atoms with Crippen molar-refractivity contribution in [2.75, 3.05) is 0 Å².